The molecule has 2 nitrogen and oxygen atoms in total. The predicted octanol–water partition coefficient (Wildman–Crippen LogP) is 5.72. The molecule has 5 heteroatoms. The highest BCUT2D eigenvalue weighted by Crippen LogP contribution is 2.37. The largest absolute Gasteiger partial charge is 0.384 e. The number of hydrogen-bond donors (Lipinski definition) is 2. The average Bonchev–Trinajstić information content (AvgIpc) is 2.96. The van der Waals surface area contributed by atoms with Gasteiger partial charge in [0.2, 0.25) is 0 Å². The fourth-order valence-corrected chi connectivity index (χ4v) is 3.16. The topological polar surface area (TPSA) is 36.0 Å². The summed E-state index contributed by atoms with van der Waals surface area (Å²) in [6.07, 6.45) is 2.68. The van der Waals surface area contributed by atoms with E-state index in [2.05, 4.69) is 4.98 Å². The van der Waals surface area contributed by atoms with E-state index in [0.717, 1.165) is 11.1 Å². The van der Waals surface area contributed by atoms with Gasteiger partial charge in [0, 0.05) is 49.7 Å². The zero-order valence-electron chi connectivity index (χ0n) is 11.4. The monoisotopic (exact) mass is 351 g/mol. The van der Waals surface area contributed by atoms with Gasteiger partial charge in [-0.15, -0.1) is 0 Å². The van der Waals surface area contributed by atoms with Gasteiger partial charge in [-0.2, -0.15) is 0 Å². The van der Waals surface area contributed by atoms with Crippen LogP contribution in [0.2, 0.25) is 15.1 Å². The molecule has 2 aromatic carbocycles. The summed E-state index contributed by atoms with van der Waals surface area (Å²) in [7, 11) is 0. The predicted molar refractivity (Wildman–Crippen MR) is 91.8 cm³/mol. The molecule has 112 valence electrons. The molecule has 0 radical (unpaired) electrons. The summed E-state index contributed by atoms with van der Waals surface area (Å²) in [5, 5.41) is 12.3. The van der Waals surface area contributed by atoms with Gasteiger partial charge in [-0.3, -0.25) is 0 Å². The lowest BCUT2D eigenvalue weighted by molar-refractivity contribution is 0.221. The molecule has 1 atom stereocenters. The third kappa shape index (κ3) is 2.88. The molecule has 0 bridgehead atoms. The van der Waals surface area contributed by atoms with Gasteiger partial charge in [0.15, 0.2) is 0 Å². The zero-order valence-corrected chi connectivity index (χ0v) is 13.6. The molecule has 0 aliphatic rings. The maximum absolute atomic E-state index is 10.7. The summed E-state index contributed by atoms with van der Waals surface area (Å²) in [6, 6.07) is 12.5. The van der Waals surface area contributed by atoms with Gasteiger partial charge in [-0.25, -0.2) is 0 Å². The molecule has 22 heavy (non-hydrogen) atoms. The van der Waals surface area contributed by atoms with Crippen LogP contribution in [0.25, 0.3) is 11.1 Å². The first-order valence-electron chi connectivity index (χ1n) is 6.62. The Balaban J connectivity index is 2.07. The van der Waals surface area contributed by atoms with Crippen molar-refractivity contribution < 1.29 is 5.11 Å². The van der Waals surface area contributed by atoms with Gasteiger partial charge in [0.25, 0.3) is 0 Å². The van der Waals surface area contributed by atoms with Crippen LogP contribution in [0.15, 0.2) is 54.9 Å². The lowest BCUT2D eigenvalue weighted by Gasteiger charge is -2.15. The average molecular weight is 353 g/mol. The molecule has 2 N–H and O–H groups in total. The number of hydrogen-bond acceptors (Lipinski definition) is 1. The van der Waals surface area contributed by atoms with Gasteiger partial charge in [0.1, 0.15) is 6.10 Å². The van der Waals surface area contributed by atoms with E-state index >= 15 is 0 Å². The first-order valence-corrected chi connectivity index (χ1v) is 7.76. The van der Waals surface area contributed by atoms with E-state index < -0.39 is 6.10 Å². The molecule has 0 spiro atoms. The van der Waals surface area contributed by atoms with Crippen LogP contribution in [0.5, 0.6) is 0 Å². The summed E-state index contributed by atoms with van der Waals surface area (Å²) in [6.45, 7) is 0. The van der Waals surface area contributed by atoms with Crippen molar-refractivity contribution in [3.63, 3.8) is 0 Å². The van der Waals surface area contributed by atoms with Gasteiger partial charge in [0.05, 0.1) is 0 Å². The summed E-state index contributed by atoms with van der Waals surface area (Å²) < 4.78 is 0. The summed E-state index contributed by atoms with van der Waals surface area (Å²) in [4.78, 5) is 3.02. The number of rotatable bonds is 3. The fraction of sp³-hybridized carbons (Fsp3) is 0.0588. The second-order valence-electron chi connectivity index (χ2n) is 4.87. The van der Waals surface area contributed by atoms with E-state index in [9.17, 15) is 5.11 Å². The fourth-order valence-electron chi connectivity index (χ4n) is 2.41. The first kappa shape index (κ1) is 15.4. The van der Waals surface area contributed by atoms with Crippen molar-refractivity contribution in [3.8, 4) is 11.1 Å². The standard InChI is InChI=1S/C17H12Cl3NO/c18-10-5-6-12(16(20)7-10)17(22)14-9-21-8-13(14)11-3-1-2-4-15(11)19/h1-9,17,21-22H/t17-/m0/s1. The molecule has 0 aliphatic carbocycles. The van der Waals surface area contributed by atoms with Crippen LogP contribution < -0.4 is 0 Å². The van der Waals surface area contributed by atoms with E-state index in [0.29, 0.717) is 26.2 Å². The van der Waals surface area contributed by atoms with Gasteiger partial charge in [-0.05, 0) is 18.2 Å². The number of aliphatic hydroxyl groups excluding tert-OH is 1. The molecule has 0 saturated heterocycles. The van der Waals surface area contributed by atoms with Crippen LogP contribution in [0.3, 0.4) is 0 Å². The first-order chi connectivity index (χ1) is 10.6. The molecule has 0 unspecified atom stereocenters. The smallest absolute Gasteiger partial charge is 0.108 e. The zero-order chi connectivity index (χ0) is 15.7. The molecular weight excluding hydrogens is 341 g/mol. The Kier molecular flexibility index (Phi) is 4.46. The molecule has 0 saturated carbocycles. The number of nitrogens with one attached hydrogen (secondary N) is 1. The molecule has 1 heterocycles. The Morgan fingerprint density at radius 2 is 1.59 bits per heavy atom. The minimum absolute atomic E-state index is 0.423. The summed E-state index contributed by atoms with van der Waals surface area (Å²) in [5.41, 5.74) is 2.99. The highest BCUT2D eigenvalue weighted by Gasteiger charge is 2.20. The maximum atomic E-state index is 10.7. The molecule has 0 fully saturated rings. The van der Waals surface area contributed by atoms with Crippen LogP contribution in [-0.4, -0.2) is 10.1 Å². The number of H-pyrrole nitrogens is 1. The second kappa shape index (κ2) is 6.35. The van der Waals surface area contributed by atoms with Crippen molar-refractivity contribution in [2.45, 2.75) is 6.10 Å². The van der Waals surface area contributed by atoms with Gasteiger partial charge in [-0.1, -0.05) is 59.1 Å². The lowest BCUT2D eigenvalue weighted by Crippen LogP contribution is -2.01. The van der Waals surface area contributed by atoms with Crippen molar-refractivity contribution in [1.29, 1.82) is 0 Å². The second-order valence-corrected chi connectivity index (χ2v) is 6.12. The molecular formula is C17H12Cl3NO. The van der Waals surface area contributed by atoms with E-state index in [-0.39, 0.29) is 0 Å². The Labute approximate surface area is 143 Å². The minimum Gasteiger partial charge on any atom is -0.384 e. The third-order valence-corrected chi connectivity index (χ3v) is 4.39. The highest BCUT2D eigenvalue weighted by atomic mass is 35.5. The highest BCUT2D eigenvalue weighted by molar-refractivity contribution is 6.35. The lowest BCUT2D eigenvalue weighted by atomic mass is 9.96. The molecule has 1 aromatic heterocycles. The number of aliphatic hydroxyl groups is 1. The van der Waals surface area contributed by atoms with E-state index in [4.69, 9.17) is 34.8 Å². The van der Waals surface area contributed by atoms with Gasteiger partial charge >= 0.3 is 0 Å². The van der Waals surface area contributed by atoms with E-state index in [1.807, 2.05) is 30.5 Å². The van der Waals surface area contributed by atoms with Crippen molar-refractivity contribution in [3.05, 3.63) is 81.1 Å². The Bertz CT molecular complexity index is 813. The molecule has 0 amide bonds. The third-order valence-electron chi connectivity index (χ3n) is 3.49. The molecule has 0 aliphatic heterocycles. The van der Waals surface area contributed by atoms with Gasteiger partial charge < -0.3 is 10.1 Å². The quantitative estimate of drug-likeness (QED) is 0.621. The van der Waals surface area contributed by atoms with E-state index in [1.54, 1.807) is 24.4 Å². The van der Waals surface area contributed by atoms with Crippen molar-refractivity contribution in [2.24, 2.45) is 0 Å². The number of aromatic nitrogens is 1. The van der Waals surface area contributed by atoms with Crippen LogP contribution in [-0.2, 0) is 0 Å². The SMILES string of the molecule is O[C@@H](c1ccc(Cl)cc1Cl)c1c[nH]cc1-c1ccccc1Cl. The number of benzene rings is 2. The summed E-state index contributed by atoms with van der Waals surface area (Å²) >= 11 is 18.3. The Morgan fingerprint density at radius 1 is 0.818 bits per heavy atom. The van der Waals surface area contributed by atoms with Crippen molar-refractivity contribution >= 4 is 34.8 Å². The van der Waals surface area contributed by atoms with Crippen LogP contribution >= 0.6 is 34.8 Å². The van der Waals surface area contributed by atoms with E-state index in [1.165, 1.54) is 0 Å². The number of aromatic amines is 1. The normalized spacial score (nSPS) is 12.4. The van der Waals surface area contributed by atoms with Crippen LogP contribution in [0.4, 0.5) is 0 Å². The number of halogens is 3. The van der Waals surface area contributed by atoms with Crippen molar-refractivity contribution in [2.75, 3.05) is 0 Å². The summed E-state index contributed by atoms with van der Waals surface area (Å²) in [5.74, 6) is 0. The molecule has 3 rings (SSSR count). The van der Waals surface area contributed by atoms with Crippen LogP contribution in [0.1, 0.15) is 17.2 Å². The van der Waals surface area contributed by atoms with Crippen LogP contribution in [0, 0.1) is 0 Å². The Hall–Kier alpha value is -1.45. The van der Waals surface area contributed by atoms with Crippen molar-refractivity contribution in [1.82, 2.24) is 4.98 Å². The maximum Gasteiger partial charge on any atom is 0.108 e. The minimum atomic E-state index is -0.873. The molecule has 3 aromatic rings. The Morgan fingerprint density at radius 3 is 2.32 bits per heavy atom.